The molecule has 12 heavy (non-hydrogen) atoms. The smallest absolute Gasteiger partial charge is 0.132 e. The summed E-state index contributed by atoms with van der Waals surface area (Å²) in [5.41, 5.74) is 0. The number of rotatable bonds is 4. The first-order chi connectivity index (χ1) is 5.84. The Bertz CT molecular complexity index is 240. The van der Waals surface area contributed by atoms with E-state index in [1.165, 1.54) is 3.57 Å². The van der Waals surface area contributed by atoms with Crippen molar-refractivity contribution in [2.45, 2.75) is 12.5 Å². The van der Waals surface area contributed by atoms with Crippen molar-refractivity contribution in [1.29, 1.82) is 0 Å². The van der Waals surface area contributed by atoms with Crippen molar-refractivity contribution < 1.29 is 4.74 Å². The molecule has 0 aromatic heterocycles. The van der Waals surface area contributed by atoms with E-state index in [1.54, 1.807) is 0 Å². The third kappa shape index (κ3) is 3.14. The predicted octanol–water partition coefficient (Wildman–Crippen LogP) is 2.65. The molecule has 0 fully saturated rings. The Kier molecular flexibility index (Phi) is 4.68. The van der Waals surface area contributed by atoms with Gasteiger partial charge in [-0.1, -0.05) is 18.2 Å². The largest absolute Gasteiger partial charge is 0.492 e. The van der Waals surface area contributed by atoms with Crippen LogP contribution in [0.15, 0.2) is 24.3 Å². The van der Waals surface area contributed by atoms with Gasteiger partial charge < -0.3 is 4.74 Å². The quantitative estimate of drug-likeness (QED) is 0.470. The van der Waals surface area contributed by atoms with Crippen LogP contribution < -0.4 is 4.74 Å². The molecule has 0 bridgehead atoms. The lowest BCUT2D eigenvalue weighted by Crippen LogP contribution is -1.97. The Morgan fingerprint density at radius 3 is 2.75 bits per heavy atom. The summed E-state index contributed by atoms with van der Waals surface area (Å²) < 4.78 is 6.71. The summed E-state index contributed by atoms with van der Waals surface area (Å²) in [6, 6.07) is 9.03. The highest BCUT2D eigenvalue weighted by Crippen LogP contribution is 2.19. The number of hydrogen-bond acceptors (Lipinski definition) is 1. The van der Waals surface area contributed by atoms with Crippen LogP contribution in [-0.4, -0.2) is 16.8 Å². The van der Waals surface area contributed by atoms with Crippen LogP contribution in [0.2, 0.25) is 6.04 Å². The molecule has 1 aromatic carbocycles. The van der Waals surface area contributed by atoms with E-state index in [2.05, 4.69) is 32.8 Å². The molecule has 0 saturated heterocycles. The molecule has 0 atom stereocenters. The Labute approximate surface area is 90.1 Å². The van der Waals surface area contributed by atoms with Gasteiger partial charge in [-0.2, -0.15) is 0 Å². The molecule has 0 heterocycles. The van der Waals surface area contributed by atoms with Gasteiger partial charge in [0.15, 0.2) is 0 Å². The fraction of sp³-hybridized carbons (Fsp3) is 0.333. The van der Waals surface area contributed by atoms with Gasteiger partial charge in [-0.15, -0.1) is 0 Å². The molecule has 3 heteroatoms. The van der Waals surface area contributed by atoms with E-state index in [1.807, 2.05) is 24.3 Å². The Balaban J connectivity index is 2.46. The van der Waals surface area contributed by atoms with Crippen molar-refractivity contribution in [2.75, 3.05) is 6.61 Å². The molecule has 63 valence electrons. The van der Waals surface area contributed by atoms with Gasteiger partial charge in [0.05, 0.1) is 10.2 Å². The van der Waals surface area contributed by atoms with E-state index in [0.717, 1.165) is 24.8 Å². The van der Waals surface area contributed by atoms with E-state index >= 15 is 0 Å². The minimum atomic E-state index is 0.781. The molecule has 0 aliphatic carbocycles. The summed E-state index contributed by atoms with van der Waals surface area (Å²) in [7, 11) is 3.40. The highest BCUT2D eigenvalue weighted by atomic mass is 127. The number of para-hydroxylation sites is 1. The number of halogens is 1. The molecule has 0 N–H and O–H groups in total. The summed E-state index contributed by atoms with van der Waals surface area (Å²) in [5.74, 6) is 0.984. The van der Waals surface area contributed by atoms with Crippen molar-refractivity contribution in [3.8, 4) is 5.75 Å². The van der Waals surface area contributed by atoms with E-state index in [4.69, 9.17) is 4.74 Å². The van der Waals surface area contributed by atoms with Crippen molar-refractivity contribution >= 4 is 32.8 Å². The van der Waals surface area contributed by atoms with Gasteiger partial charge in [-0.3, -0.25) is 0 Å². The standard InChI is InChI=1S/C9H10IOSi/c10-8-4-1-2-5-9(8)11-6-3-7-12/h1-2,4-5H,3,6-7H2. The predicted molar refractivity (Wildman–Crippen MR) is 59.8 cm³/mol. The highest BCUT2D eigenvalue weighted by molar-refractivity contribution is 14.1. The van der Waals surface area contributed by atoms with E-state index in [-0.39, 0.29) is 0 Å². The monoisotopic (exact) mass is 289 g/mol. The molecule has 0 aliphatic heterocycles. The minimum Gasteiger partial charge on any atom is -0.492 e. The molecule has 0 spiro atoms. The maximum Gasteiger partial charge on any atom is 0.132 e. The van der Waals surface area contributed by atoms with Crippen LogP contribution in [0.25, 0.3) is 0 Å². The molecule has 0 saturated carbocycles. The lowest BCUT2D eigenvalue weighted by atomic mass is 10.3. The summed E-state index contributed by atoms with van der Waals surface area (Å²) >= 11 is 2.27. The number of benzene rings is 1. The van der Waals surface area contributed by atoms with E-state index in [9.17, 15) is 0 Å². The summed E-state index contributed by atoms with van der Waals surface area (Å²) in [6.07, 6.45) is 1.04. The lowest BCUT2D eigenvalue weighted by Gasteiger charge is -2.06. The van der Waals surface area contributed by atoms with Gasteiger partial charge in [-0.25, -0.2) is 0 Å². The van der Waals surface area contributed by atoms with Crippen LogP contribution in [0.3, 0.4) is 0 Å². The first-order valence-electron chi connectivity index (χ1n) is 3.86. The lowest BCUT2D eigenvalue weighted by molar-refractivity contribution is 0.315. The number of ether oxygens (including phenoxy) is 1. The molecule has 1 rings (SSSR count). The van der Waals surface area contributed by atoms with Crippen molar-refractivity contribution in [1.82, 2.24) is 0 Å². The summed E-state index contributed by atoms with van der Waals surface area (Å²) in [4.78, 5) is 0. The average Bonchev–Trinajstić information content (AvgIpc) is 2.09. The van der Waals surface area contributed by atoms with Crippen LogP contribution in [0, 0.1) is 3.57 Å². The van der Waals surface area contributed by atoms with Crippen LogP contribution >= 0.6 is 22.6 Å². The Morgan fingerprint density at radius 2 is 2.08 bits per heavy atom. The zero-order valence-corrected chi connectivity index (χ0v) is 9.87. The number of hydrogen-bond donors (Lipinski definition) is 0. The van der Waals surface area contributed by atoms with Gasteiger partial charge in [0.2, 0.25) is 0 Å². The molecule has 0 aliphatic rings. The van der Waals surface area contributed by atoms with Crippen LogP contribution in [0.4, 0.5) is 0 Å². The SMILES string of the molecule is [Si]CCCOc1ccccc1I. The van der Waals surface area contributed by atoms with Gasteiger partial charge in [0.25, 0.3) is 0 Å². The molecular formula is C9H10IOSi. The van der Waals surface area contributed by atoms with Gasteiger partial charge in [0, 0.05) is 10.2 Å². The third-order valence-electron chi connectivity index (χ3n) is 1.42. The van der Waals surface area contributed by atoms with Crippen molar-refractivity contribution in [2.24, 2.45) is 0 Å². The highest BCUT2D eigenvalue weighted by Gasteiger charge is 1.96. The minimum absolute atomic E-state index is 0.781. The maximum atomic E-state index is 5.54. The molecule has 1 aromatic rings. The van der Waals surface area contributed by atoms with Gasteiger partial charge in [0.1, 0.15) is 5.75 Å². The zero-order chi connectivity index (χ0) is 8.81. The van der Waals surface area contributed by atoms with Gasteiger partial charge in [-0.05, 0) is 41.1 Å². The van der Waals surface area contributed by atoms with E-state index < -0.39 is 0 Å². The summed E-state index contributed by atoms with van der Waals surface area (Å²) in [6.45, 7) is 0.781. The summed E-state index contributed by atoms with van der Waals surface area (Å²) in [5, 5.41) is 0. The molecule has 0 unspecified atom stereocenters. The molecular weight excluding hydrogens is 279 g/mol. The fourth-order valence-corrected chi connectivity index (χ4v) is 1.50. The van der Waals surface area contributed by atoms with Gasteiger partial charge >= 0.3 is 0 Å². The maximum absolute atomic E-state index is 5.54. The van der Waals surface area contributed by atoms with Crippen molar-refractivity contribution in [3.63, 3.8) is 0 Å². The first kappa shape index (κ1) is 10.1. The fourth-order valence-electron chi connectivity index (χ4n) is 0.816. The van der Waals surface area contributed by atoms with Crippen molar-refractivity contribution in [3.05, 3.63) is 27.8 Å². The topological polar surface area (TPSA) is 9.23 Å². The molecule has 1 nitrogen and oxygen atoms in total. The normalized spacial score (nSPS) is 9.83. The van der Waals surface area contributed by atoms with Crippen LogP contribution in [0.1, 0.15) is 6.42 Å². The average molecular weight is 289 g/mol. The second-order valence-electron chi connectivity index (χ2n) is 2.38. The Morgan fingerprint density at radius 1 is 1.33 bits per heavy atom. The Hall–Kier alpha value is -0.0331. The second-order valence-corrected chi connectivity index (χ2v) is 4.04. The van der Waals surface area contributed by atoms with Crippen LogP contribution in [-0.2, 0) is 0 Å². The first-order valence-corrected chi connectivity index (χ1v) is 5.65. The molecule has 0 amide bonds. The van der Waals surface area contributed by atoms with Crippen LogP contribution in [0.5, 0.6) is 5.75 Å². The molecule has 3 radical (unpaired) electrons. The second kappa shape index (κ2) is 5.58. The van der Waals surface area contributed by atoms with E-state index in [0.29, 0.717) is 0 Å². The zero-order valence-electron chi connectivity index (χ0n) is 6.72. The third-order valence-corrected chi connectivity index (χ3v) is 2.66.